The Morgan fingerprint density at radius 1 is 0.897 bits per heavy atom. The fourth-order valence-corrected chi connectivity index (χ4v) is 5.10. The Bertz CT molecular complexity index is 911. The molecule has 0 bridgehead atoms. The van der Waals surface area contributed by atoms with E-state index in [-0.39, 0.29) is 24.8 Å². The Morgan fingerprint density at radius 2 is 1.38 bits per heavy atom. The number of hydrogen-bond acceptors (Lipinski definition) is 1. The van der Waals surface area contributed by atoms with Crippen LogP contribution in [-0.4, -0.2) is 23.5 Å². The first-order valence-electron chi connectivity index (χ1n) is 9.35. The number of fused-ring (bicyclic) bond motifs is 3. The van der Waals surface area contributed by atoms with Gasteiger partial charge in [0.1, 0.15) is 0 Å². The van der Waals surface area contributed by atoms with Gasteiger partial charge in [-0.2, -0.15) is 17.3 Å². The molecule has 0 fully saturated rings. The predicted octanol–water partition coefficient (Wildman–Crippen LogP) is -0.612. The van der Waals surface area contributed by atoms with E-state index < -0.39 is 8.07 Å². The summed E-state index contributed by atoms with van der Waals surface area (Å²) in [4.78, 5) is 0. The standard InChI is InChI=1S/C13H9.C9H15OSi.C2H4.2ClH.Zr/c1-3-7-12-10(5-1)9-11-6-2-4-8-13(11)12;1-11(2,8-7-10)9-5-3-4-6-9;1-2;;;/h1-9H;3-6,10H,7-8H2,1-2H3;1H,2H3;2*1H;/q2*-1;;;;+2/p-2. The van der Waals surface area contributed by atoms with Crippen LogP contribution in [0.2, 0.25) is 19.1 Å². The summed E-state index contributed by atoms with van der Waals surface area (Å²) in [5.41, 5.74) is 0. The van der Waals surface area contributed by atoms with Gasteiger partial charge in [-0.3, -0.25) is 0 Å². The molecule has 29 heavy (non-hydrogen) atoms. The van der Waals surface area contributed by atoms with Gasteiger partial charge in [0.2, 0.25) is 0 Å². The van der Waals surface area contributed by atoms with Crippen molar-refractivity contribution < 1.29 is 54.2 Å². The second-order valence-electron chi connectivity index (χ2n) is 7.14. The molecule has 1 N–H and O–H groups in total. The van der Waals surface area contributed by atoms with E-state index in [1.54, 1.807) is 0 Å². The zero-order valence-corrected chi connectivity index (χ0v) is 22.2. The number of benzene rings is 2. The van der Waals surface area contributed by atoms with Crippen molar-refractivity contribution in [2.45, 2.75) is 26.1 Å². The minimum atomic E-state index is -1.28. The molecule has 4 aromatic rings. The second-order valence-corrected chi connectivity index (χ2v) is 13.4. The summed E-state index contributed by atoms with van der Waals surface area (Å²) in [5, 5.41) is 15.7. The van der Waals surface area contributed by atoms with Crippen LogP contribution in [0.5, 0.6) is 0 Å². The maximum atomic E-state index is 8.84. The van der Waals surface area contributed by atoms with Crippen molar-refractivity contribution in [3.8, 4) is 0 Å². The van der Waals surface area contributed by atoms with E-state index in [1.807, 2.05) is 6.92 Å². The summed E-state index contributed by atoms with van der Waals surface area (Å²) >= 11 is 1.51. The molecule has 1 nitrogen and oxygen atoms in total. The summed E-state index contributed by atoms with van der Waals surface area (Å²) in [6.07, 6.45) is 0. The van der Waals surface area contributed by atoms with Crippen LogP contribution in [0.3, 0.4) is 0 Å². The molecule has 154 valence electrons. The molecule has 4 aromatic carbocycles. The monoisotopic (exact) mass is 520 g/mol. The molecule has 0 aliphatic carbocycles. The average molecular weight is 523 g/mol. The Labute approximate surface area is 203 Å². The van der Waals surface area contributed by atoms with E-state index in [1.165, 1.54) is 51.0 Å². The summed E-state index contributed by atoms with van der Waals surface area (Å²) in [6, 6.07) is 28.7. The molecule has 0 heterocycles. The van der Waals surface area contributed by atoms with Crippen molar-refractivity contribution in [2.75, 3.05) is 6.61 Å². The van der Waals surface area contributed by atoms with Crippen LogP contribution in [0.4, 0.5) is 0 Å². The summed E-state index contributed by atoms with van der Waals surface area (Å²) in [6.45, 7) is 6.94. The molecule has 0 amide bonds. The van der Waals surface area contributed by atoms with Crippen LogP contribution < -0.4 is 30.0 Å². The fraction of sp³-hybridized carbons (Fsp3) is 0.208. The van der Waals surface area contributed by atoms with Gasteiger partial charge < -0.3 is 29.9 Å². The van der Waals surface area contributed by atoms with Crippen LogP contribution >= 0.6 is 0 Å². The van der Waals surface area contributed by atoms with Gasteiger partial charge in [-0.1, -0.05) is 49.5 Å². The van der Waals surface area contributed by atoms with Gasteiger partial charge in [0.05, 0.1) is 8.07 Å². The van der Waals surface area contributed by atoms with E-state index in [0.29, 0.717) is 6.61 Å². The van der Waals surface area contributed by atoms with Crippen LogP contribution in [0.1, 0.15) is 6.92 Å². The number of hydrogen-bond donors (Lipinski definition) is 1. The van der Waals surface area contributed by atoms with Crippen molar-refractivity contribution in [1.82, 2.24) is 0 Å². The molecular weight excluding hydrogens is 494 g/mol. The Balaban J connectivity index is 0.000000455. The number of aliphatic hydroxyl groups excluding tert-OH is 1. The normalized spacial score (nSPS) is 10.0. The van der Waals surface area contributed by atoms with Gasteiger partial charge in [-0.25, -0.2) is 12.1 Å². The Morgan fingerprint density at radius 3 is 1.79 bits per heavy atom. The molecule has 0 radical (unpaired) electrons. The summed E-state index contributed by atoms with van der Waals surface area (Å²) in [5.74, 6) is 0. The SMILES string of the molecule is C[CH]=[Zr+2].C[Si](C)(CCO)c1ccc[cH-]1.[Cl-].[Cl-].c1ccc2c(c1)[cH-]c1ccccc12. The molecule has 0 aliphatic rings. The molecule has 0 saturated carbocycles. The molecule has 0 aromatic heterocycles. The minimum Gasteiger partial charge on any atom is -1.00 e. The largest absolute Gasteiger partial charge is 1.00 e. The van der Waals surface area contributed by atoms with Crippen LogP contribution in [-0.2, 0) is 24.2 Å². The predicted molar refractivity (Wildman–Crippen MR) is 120 cm³/mol. The van der Waals surface area contributed by atoms with Crippen molar-refractivity contribution in [3.05, 3.63) is 78.9 Å². The third-order valence-electron chi connectivity index (χ3n) is 4.70. The van der Waals surface area contributed by atoms with E-state index in [4.69, 9.17) is 5.11 Å². The second kappa shape index (κ2) is 14.2. The van der Waals surface area contributed by atoms with Crippen molar-refractivity contribution in [2.24, 2.45) is 0 Å². The van der Waals surface area contributed by atoms with Crippen molar-refractivity contribution in [1.29, 1.82) is 0 Å². The first-order chi connectivity index (χ1) is 13.0. The van der Waals surface area contributed by atoms with Gasteiger partial charge in [-0.05, 0) is 6.04 Å². The van der Waals surface area contributed by atoms with Gasteiger partial charge >= 0.3 is 34.9 Å². The van der Waals surface area contributed by atoms with Gasteiger partial charge in [-0.15, -0.1) is 39.7 Å². The minimum absolute atomic E-state index is 0. The van der Waals surface area contributed by atoms with E-state index in [0.717, 1.165) is 6.04 Å². The average Bonchev–Trinajstić information content (AvgIpc) is 3.31. The maximum absolute atomic E-state index is 8.84. The van der Waals surface area contributed by atoms with Crippen LogP contribution in [0.25, 0.3) is 21.5 Å². The molecule has 5 heteroatoms. The first kappa shape index (κ1) is 28.2. The van der Waals surface area contributed by atoms with E-state index >= 15 is 0 Å². The van der Waals surface area contributed by atoms with Crippen molar-refractivity contribution in [3.63, 3.8) is 0 Å². The van der Waals surface area contributed by atoms with Crippen LogP contribution in [0, 0.1) is 0 Å². The first-order valence-corrected chi connectivity index (χ1v) is 14.0. The van der Waals surface area contributed by atoms with Gasteiger partial charge in [0.25, 0.3) is 0 Å². The van der Waals surface area contributed by atoms with Gasteiger partial charge in [0.15, 0.2) is 0 Å². The maximum Gasteiger partial charge on any atom is 0.0558 e. The summed E-state index contributed by atoms with van der Waals surface area (Å²) in [7, 11) is -1.28. The van der Waals surface area contributed by atoms with E-state index in [9.17, 15) is 0 Å². The third kappa shape index (κ3) is 8.07. The zero-order valence-electron chi connectivity index (χ0n) is 17.2. The molecule has 0 spiro atoms. The van der Waals surface area contributed by atoms with E-state index in [2.05, 4.69) is 95.7 Å². The summed E-state index contributed by atoms with van der Waals surface area (Å²) < 4.78 is 2.09. The zero-order chi connectivity index (χ0) is 19.7. The van der Waals surface area contributed by atoms with Crippen molar-refractivity contribution >= 4 is 38.5 Å². The van der Waals surface area contributed by atoms with Crippen LogP contribution in [0.15, 0.2) is 78.9 Å². The smallest absolute Gasteiger partial charge is 0.0558 e. The number of aliphatic hydroxyl groups is 1. The molecule has 0 aliphatic heterocycles. The topological polar surface area (TPSA) is 20.2 Å². The molecule has 0 atom stereocenters. The molecular formula is C24H28Cl2OSiZr-2. The third-order valence-corrected chi connectivity index (χ3v) is 8.07. The molecule has 0 saturated heterocycles. The van der Waals surface area contributed by atoms with Gasteiger partial charge in [0, 0.05) is 6.61 Å². The molecule has 4 rings (SSSR count). The Hall–Kier alpha value is -0.830. The fourth-order valence-electron chi connectivity index (χ4n) is 3.15. The Kier molecular flexibility index (Phi) is 13.8. The molecule has 0 unspecified atom stereocenters. The number of halogens is 2. The number of rotatable bonds is 3. The quantitative estimate of drug-likeness (QED) is 0.281.